The molecular weight excluding hydrogens is 1200 g/mol. The number of hydrogen-bond acceptors (Lipinski definition) is 15. The zero-order valence-corrected chi connectivity index (χ0v) is 61.3. The lowest BCUT2D eigenvalue weighted by atomic mass is 10.00. The van der Waals surface area contributed by atoms with Gasteiger partial charge in [0, 0.05) is 25.7 Å². The first-order chi connectivity index (χ1) is 43.6. The van der Waals surface area contributed by atoms with Crippen molar-refractivity contribution in [2.24, 2.45) is 23.7 Å². The van der Waals surface area contributed by atoms with Gasteiger partial charge in [-0.05, 0) is 49.4 Å². The number of phosphoric acid groups is 2. The van der Waals surface area contributed by atoms with Crippen LogP contribution in [0.5, 0.6) is 0 Å². The normalized spacial score (nSPS) is 14.5. The van der Waals surface area contributed by atoms with Crippen LogP contribution in [0.1, 0.15) is 357 Å². The van der Waals surface area contributed by atoms with E-state index < -0.39 is 97.5 Å². The van der Waals surface area contributed by atoms with Crippen molar-refractivity contribution in [1.29, 1.82) is 0 Å². The van der Waals surface area contributed by atoms with Crippen LogP contribution in [0, 0.1) is 23.7 Å². The molecule has 0 heterocycles. The van der Waals surface area contributed by atoms with Crippen LogP contribution in [0.15, 0.2) is 0 Å². The van der Waals surface area contributed by atoms with Gasteiger partial charge in [0.15, 0.2) is 12.2 Å². The monoisotopic (exact) mass is 1340 g/mol. The molecule has 0 spiro atoms. The maximum Gasteiger partial charge on any atom is 0.472 e. The van der Waals surface area contributed by atoms with E-state index >= 15 is 0 Å². The van der Waals surface area contributed by atoms with Crippen LogP contribution in [0.2, 0.25) is 0 Å². The average molecular weight is 1340 g/mol. The lowest BCUT2D eigenvalue weighted by Crippen LogP contribution is -2.30. The van der Waals surface area contributed by atoms with Gasteiger partial charge in [-0.25, -0.2) is 9.13 Å². The fourth-order valence-electron chi connectivity index (χ4n) is 10.8. The smallest absolute Gasteiger partial charge is 0.462 e. The highest BCUT2D eigenvalue weighted by Gasteiger charge is 2.30. The SMILES string of the molecule is CCC(C)CCCCCCCCC(=O)OC[C@H](COP(=O)(O)OC[C@H](O)COP(=O)(O)OC[C@@H](COC(=O)CCCCCCCCCCCCCCCCCC(C)C)OC(=O)CCCCCCCCC(C)C)OC(=O)CCCCCCCCCCCCCC(C)C. The van der Waals surface area contributed by atoms with Gasteiger partial charge in [-0.1, -0.05) is 306 Å². The standard InChI is InChI=1S/C72H140O17P2/c1-9-65(8)51-43-35-29-31-37-45-53-70(75)83-59-67(88-71(76)54-46-38-27-23-19-15-17-21-25-33-41-49-63(4)5)60-86-90(78,79)84-56-66(73)57-85-91(80,81)87-61-68(89-72(77)55-47-39-30-28-34-42-50-64(6)7)58-82-69(74)52-44-36-26-22-18-14-12-10-11-13-16-20-24-32-40-48-62(2)3/h62-68,73H,9-61H2,1-8H3,(H,78,79)(H,80,81)/t65?,66-,67+,68+/m0/s1. The Morgan fingerprint density at radius 2 is 0.527 bits per heavy atom. The summed E-state index contributed by atoms with van der Waals surface area (Å²) < 4.78 is 68.3. The molecule has 0 aromatic heterocycles. The molecule has 3 unspecified atom stereocenters. The van der Waals surface area contributed by atoms with Crippen molar-refractivity contribution in [3.8, 4) is 0 Å². The van der Waals surface area contributed by atoms with Gasteiger partial charge < -0.3 is 33.8 Å². The molecule has 6 atom stereocenters. The summed E-state index contributed by atoms with van der Waals surface area (Å²) in [6.07, 6.45) is 44.7. The summed E-state index contributed by atoms with van der Waals surface area (Å²) in [5.41, 5.74) is 0. The van der Waals surface area contributed by atoms with E-state index in [0.29, 0.717) is 31.6 Å². The number of carbonyl (C=O) groups is 4. The predicted molar refractivity (Wildman–Crippen MR) is 367 cm³/mol. The molecule has 0 saturated carbocycles. The number of hydrogen-bond donors (Lipinski definition) is 3. The number of ether oxygens (including phenoxy) is 4. The Morgan fingerprint density at radius 1 is 0.308 bits per heavy atom. The summed E-state index contributed by atoms with van der Waals surface area (Å²) in [4.78, 5) is 72.6. The summed E-state index contributed by atoms with van der Waals surface area (Å²) >= 11 is 0. The van der Waals surface area contributed by atoms with Crippen LogP contribution in [0.3, 0.4) is 0 Å². The number of phosphoric ester groups is 2. The molecule has 0 saturated heterocycles. The molecule has 17 nitrogen and oxygen atoms in total. The Balaban J connectivity index is 5.18. The maximum absolute atomic E-state index is 13.0. The minimum atomic E-state index is -4.95. The molecule has 0 aliphatic rings. The fraction of sp³-hybridized carbons (Fsp3) is 0.944. The first kappa shape index (κ1) is 89.1. The van der Waals surface area contributed by atoms with Crippen molar-refractivity contribution < 1.29 is 80.2 Å². The highest BCUT2D eigenvalue weighted by atomic mass is 31.2. The molecule has 3 N–H and O–H groups in total. The van der Waals surface area contributed by atoms with Crippen LogP contribution in [0.25, 0.3) is 0 Å². The second-order valence-electron chi connectivity index (χ2n) is 27.6. The van der Waals surface area contributed by atoms with Crippen molar-refractivity contribution in [1.82, 2.24) is 0 Å². The van der Waals surface area contributed by atoms with E-state index in [4.69, 9.17) is 37.0 Å². The minimum Gasteiger partial charge on any atom is -0.462 e. The molecule has 0 radical (unpaired) electrons. The molecule has 19 heteroatoms. The van der Waals surface area contributed by atoms with Crippen LogP contribution in [-0.2, 0) is 65.4 Å². The Morgan fingerprint density at radius 3 is 0.780 bits per heavy atom. The summed E-state index contributed by atoms with van der Waals surface area (Å²) in [5, 5.41) is 10.6. The zero-order chi connectivity index (χ0) is 67.5. The topological polar surface area (TPSA) is 237 Å². The lowest BCUT2D eigenvalue weighted by molar-refractivity contribution is -0.161. The molecule has 0 aliphatic carbocycles. The molecule has 0 rings (SSSR count). The van der Waals surface area contributed by atoms with Gasteiger partial charge in [-0.2, -0.15) is 0 Å². The third-order valence-electron chi connectivity index (χ3n) is 16.9. The summed E-state index contributed by atoms with van der Waals surface area (Å²) in [5.74, 6) is 0.840. The van der Waals surface area contributed by atoms with Gasteiger partial charge in [-0.15, -0.1) is 0 Å². The van der Waals surface area contributed by atoms with Gasteiger partial charge in [0.25, 0.3) is 0 Å². The number of aliphatic hydroxyl groups is 1. The van der Waals surface area contributed by atoms with Crippen LogP contribution < -0.4 is 0 Å². The molecule has 0 amide bonds. The van der Waals surface area contributed by atoms with E-state index in [-0.39, 0.29) is 25.7 Å². The van der Waals surface area contributed by atoms with E-state index in [1.54, 1.807) is 0 Å². The average Bonchev–Trinajstić information content (AvgIpc) is 3.69. The van der Waals surface area contributed by atoms with Gasteiger partial charge in [-0.3, -0.25) is 37.3 Å². The number of rotatable bonds is 69. The summed E-state index contributed by atoms with van der Waals surface area (Å²) in [6.45, 7) is 14.1. The number of aliphatic hydroxyl groups excluding tert-OH is 1. The number of esters is 4. The Hall–Kier alpha value is -1.94. The second-order valence-corrected chi connectivity index (χ2v) is 30.6. The molecule has 0 aliphatic heterocycles. The van der Waals surface area contributed by atoms with Crippen molar-refractivity contribution in [3.05, 3.63) is 0 Å². The lowest BCUT2D eigenvalue weighted by Gasteiger charge is -2.21. The van der Waals surface area contributed by atoms with Crippen molar-refractivity contribution in [2.75, 3.05) is 39.6 Å². The molecule has 0 fully saturated rings. The number of unbranched alkanes of at least 4 members (excludes halogenated alkanes) is 34. The highest BCUT2D eigenvalue weighted by Crippen LogP contribution is 2.45. The minimum absolute atomic E-state index is 0.102. The van der Waals surface area contributed by atoms with E-state index in [0.717, 1.165) is 114 Å². The van der Waals surface area contributed by atoms with Crippen molar-refractivity contribution in [2.45, 2.75) is 375 Å². The molecule has 91 heavy (non-hydrogen) atoms. The molecule has 0 aromatic rings. The summed E-state index contributed by atoms with van der Waals surface area (Å²) in [7, 11) is -9.90. The molecule has 0 aromatic carbocycles. The molecular formula is C72H140O17P2. The molecule has 0 bridgehead atoms. The van der Waals surface area contributed by atoms with Crippen LogP contribution in [0.4, 0.5) is 0 Å². The van der Waals surface area contributed by atoms with Crippen LogP contribution in [-0.4, -0.2) is 96.7 Å². The largest absolute Gasteiger partial charge is 0.472 e. The van der Waals surface area contributed by atoms with E-state index in [1.165, 1.54) is 154 Å². The second kappa shape index (κ2) is 61.6. The Kier molecular flexibility index (Phi) is 60.3. The first-order valence-electron chi connectivity index (χ1n) is 37.2. The summed E-state index contributed by atoms with van der Waals surface area (Å²) in [6, 6.07) is 0. The Labute approximate surface area is 556 Å². The maximum atomic E-state index is 13.0. The van der Waals surface area contributed by atoms with Gasteiger partial charge >= 0.3 is 39.5 Å². The zero-order valence-electron chi connectivity index (χ0n) is 59.5. The van der Waals surface area contributed by atoms with E-state index in [1.807, 2.05) is 0 Å². The van der Waals surface area contributed by atoms with Crippen molar-refractivity contribution in [3.63, 3.8) is 0 Å². The van der Waals surface area contributed by atoms with Crippen LogP contribution >= 0.6 is 15.6 Å². The van der Waals surface area contributed by atoms with Gasteiger partial charge in [0.1, 0.15) is 19.3 Å². The Bertz CT molecular complexity index is 1800. The van der Waals surface area contributed by atoms with E-state index in [9.17, 15) is 43.2 Å². The quantitative estimate of drug-likeness (QED) is 0.0222. The number of carbonyl (C=O) groups excluding carboxylic acids is 4. The molecule has 540 valence electrons. The predicted octanol–water partition coefficient (Wildman–Crippen LogP) is 20.5. The van der Waals surface area contributed by atoms with Gasteiger partial charge in [0.05, 0.1) is 26.4 Å². The highest BCUT2D eigenvalue weighted by molar-refractivity contribution is 7.47. The van der Waals surface area contributed by atoms with Crippen molar-refractivity contribution >= 4 is 39.5 Å². The fourth-order valence-corrected chi connectivity index (χ4v) is 12.4. The first-order valence-corrected chi connectivity index (χ1v) is 40.2. The van der Waals surface area contributed by atoms with E-state index in [2.05, 4.69) is 55.4 Å². The third kappa shape index (κ3) is 65.1. The van der Waals surface area contributed by atoms with Gasteiger partial charge in [0.2, 0.25) is 0 Å². The third-order valence-corrected chi connectivity index (χ3v) is 18.8.